The lowest BCUT2D eigenvalue weighted by Crippen LogP contribution is -2.25. The molecular weight excluding hydrogens is 302 g/mol. The summed E-state index contributed by atoms with van der Waals surface area (Å²) in [6.07, 6.45) is 0. The van der Waals surface area contributed by atoms with Crippen LogP contribution < -0.4 is 10.9 Å². The number of nitrogens with zero attached hydrogens (tertiary/aromatic N) is 2. The Bertz CT molecular complexity index is 917. The molecule has 0 spiro atoms. The van der Waals surface area contributed by atoms with E-state index in [1.165, 1.54) is 11.7 Å². The van der Waals surface area contributed by atoms with Crippen LogP contribution in [0.4, 0.5) is 5.69 Å². The topological polar surface area (TPSA) is 64.0 Å². The summed E-state index contributed by atoms with van der Waals surface area (Å²) in [5.41, 5.74) is 0.570. The van der Waals surface area contributed by atoms with Gasteiger partial charge in [-0.3, -0.25) is 9.59 Å². The van der Waals surface area contributed by atoms with Crippen LogP contribution in [0.15, 0.2) is 53.3 Å². The lowest BCUT2D eigenvalue weighted by Gasteiger charge is -2.09. The fourth-order valence-electron chi connectivity index (χ4n) is 2.19. The first-order valence-corrected chi connectivity index (χ1v) is 6.97. The van der Waals surface area contributed by atoms with Gasteiger partial charge in [-0.25, -0.2) is 4.68 Å². The molecule has 5 nitrogen and oxygen atoms in total. The molecule has 3 rings (SSSR count). The van der Waals surface area contributed by atoms with Crippen LogP contribution in [-0.4, -0.2) is 15.7 Å². The Morgan fingerprint density at radius 1 is 1.09 bits per heavy atom. The van der Waals surface area contributed by atoms with E-state index in [9.17, 15) is 9.59 Å². The Hall–Kier alpha value is -2.66. The number of fused-ring (bicyclic) bond motifs is 1. The third kappa shape index (κ3) is 2.58. The summed E-state index contributed by atoms with van der Waals surface area (Å²) in [5.74, 6) is -0.380. The van der Waals surface area contributed by atoms with E-state index in [2.05, 4.69) is 10.4 Å². The minimum atomic E-state index is -0.380. The van der Waals surface area contributed by atoms with Crippen LogP contribution in [0.25, 0.3) is 10.8 Å². The molecular formula is C16H12ClN3O2. The summed E-state index contributed by atoms with van der Waals surface area (Å²) in [6.45, 7) is 0. The highest BCUT2D eigenvalue weighted by Crippen LogP contribution is 2.17. The van der Waals surface area contributed by atoms with Crippen molar-refractivity contribution in [2.45, 2.75) is 0 Å². The summed E-state index contributed by atoms with van der Waals surface area (Å²) >= 11 is 5.82. The van der Waals surface area contributed by atoms with Gasteiger partial charge in [0.1, 0.15) is 0 Å². The van der Waals surface area contributed by atoms with Crippen LogP contribution in [0.3, 0.4) is 0 Å². The first-order valence-electron chi connectivity index (χ1n) is 6.59. The van der Waals surface area contributed by atoms with Crippen molar-refractivity contribution in [3.63, 3.8) is 0 Å². The highest BCUT2D eigenvalue weighted by molar-refractivity contribution is 6.30. The molecule has 0 saturated heterocycles. The van der Waals surface area contributed by atoms with Gasteiger partial charge in [-0.1, -0.05) is 29.8 Å². The van der Waals surface area contributed by atoms with E-state index in [1.807, 2.05) is 0 Å². The van der Waals surface area contributed by atoms with Gasteiger partial charge in [-0.15, -0.1) is 0 Å². The SMILES string of the molecule is Cn1nc(C(=O)Nc2ccc(Cl)cc2)c2ccccc2c1=O. The molecule has 0 saturated carbocycles. The number of hydrogen-bond donors (Lipinski definition) is 1. The maximum Gasteiger partial charge on any atom is 0.276 e. The number of aromatic nitrogens is 2. The number of nitrogens with one attached hydrogen (secondary N) is 1. The fourth-order valence-corrected chi connectivity index (χ4v) is 2.32. The fraction of sp³-hybridized carbons (Fsp3) is 0.0625. The number of hydrogen-bond acceptors (Lipinski definition) is 3. The molecule has 22 heavy (non-hydrogen) atoms. The van der Waals surface area contributed by atoms with E-state index in [0.29, 0.717) is 21.5 Å². The summed E-state index contributed by atoms with van der Waals surface area (Å²) < 4.78 is 1.17. The van der Waals surface area contributed by atoms with Gasteiger partial charge in [0.25, 0.3) is 11.5 Å². The molecule has 1 heterocycles. The predicted octanol–water partition coefficient (Wildman–Crippen LogP) is 2.84. The molecule has 0 atom stereocenters. The number of halogens is 1. The van der Waals surface area contributed by atoms with Gasteiger partial charge in [0.05, 0.1) is 5.39 Å². The number of carbonyl (C=O) groups is 1. The van der Waals surface area contributed by atoms with Gasteiger partial charge in [0.2, 0.25) is 0 Å². The molecule has 0 radical (unpaired) electrons. The second-order valence-corrected chi connectivity index (χ2v) is 5.22. The number of rotatable bonds is 2. The lowest BCUT2D eigenvalue weighted by atomic mass is 10.1. The van der Waals surface area contributed by atoms with Gasteiger partial charge in [0, 0.05) is 23.1 Å². The summed E-state index contributed by atoms with van der Waals surface area (Å²) in [4.78, 5) is 24.5. The highest BCUT2D eigenvalue weighted by Gasteiger charge is 2.15. The predicted molar refractivity (Wildman–Crippen MR) is 86.4 cm³/mol. The van der Waals surface area contributed by atoms with Crippen molar-refractivity contribution in [2.24, 2.45) is 7.05 Å². The van der Waals surface area contributed by atoms with Gasteiger partial charge in [-0.05, 0) is 30.3 Å². The monoisotopic (exact) mass is 313 g/mol. The van der Waals surface area contributed by atoms with Gasteiger partial charge in [0.15, 0.2) is 5.69 Å². The second kappa shape index (κ2) is 5.61. The van der Waals surface area contributed by atoms with Crippen LogP contribution in [0, 0.1) is 0 Å². The molecule has 0 unspecified atom stereocenters. The van der Waals surface area contributed by atoms with Crippen molar-refractivity contribution in [1.29, 1.82) is 0 Å². The molecule has 1 aromatic heterocycles. The van der Waals surface area contributed by atoms with Crippen LogP contribution in [0.5, 0.6) is 0 Å². The van der Waals surface area contributed by atoms with Crippen molar-refractivity contribution in [3.05, 3.63) is 69.6 Å². The summed E-state index contributed by atoms with van der Waals surface area (Å²) in [6, 6.07) is 13.7. The van der Waals surface area contributed by atoms with Crippen molar-refractivity contribution in [3.8, 4) is 0 Å². The minimum absolute atomic E-state index is 0.202. The first kappa shape index (κ1) is 14.3. The normalized spacial score (nSPS) is 10.6. The molecule has 2 aromatic carbocycles. The maximum atomic E-state index is 12.5. The number of benzene rings is 2. The zero-order chi connectivity index (χ0) is 15.7. The quantitative estimate of drug-likeness (QED) is 0.791. The summed E-state index contributed by atoms with van der Waals surface area (Å²) in [5, 5.41) is 8.40. The highest BCUT2D eigenvalue weighted by atomic mass is 35.5. The minimum Gasteiger partial charge on any atom is -0.321 e. The van der Waals surface area contributed by atoms with Crippen LogP contribution in [0.1, 0.15) is 10.5 Å². The van der Waals surface area contributed by atoms with Gasteiger partial charge >= 0.3 is 0 Å². The standard InChI is InChI=1S/C16H12ClN3O2/c1-20-16(22)13-5-3-2-4-12(13)14(19-20)15(21)18-11-8-6-10(17)7-9-11/h2-9H,1H3,(H,18,21). The van der Waals surface area contributed by atoms with Crippen LogP contribution in [0.2, 0.25) is 5.02 Å². The first-order chi connectivity index (χ1) is 10.6. The average Bonchev–Trinajstić information content (AvgIpc) is 2.53. The zero-order valence-corrected chi connectivity index (χ0v) is 12.5. The number of amides is 1. The average molecular weight is 314 g/mol. The van der Waals surface area contributed by atoms with E-state index in [0.717, 1.165) is 0 Å². The Kier molecular flexibility index (Phi) is 3.65. The summed E-state index contributed by atoms with van der Waals surface area (Å²) in [7, 11) is 1.52. The Balaban J connectivity index is 2.06. The lowest BCUT2D eigenvalue weighted by molar-refractivity contribution is 0.102. The largest absolute Gasteiger partial charge is 0.321 e. The molecule has 1 N–H and O–H groups in total. The molecule has 0 aliphatic heterocycles. The van der Waals surface area contributed by atoms with Crippen molar-refractivity contribution < 1.29 is 4.79 Å². The van der Waals surface area contributed by atoms with Crippen molar-refractivity contribution in [2.75, 3.05) is 5.32 Å². The number of aryl methyl sites for hydroxylation is 1. The second-order valence-electron chi connectivity index (χ2n) is 4.78. The van der Waals surface area contributed by atoms with Crippen molar-refractivity contribution >= 4 is 34.0 Å². The van der Waals surface area contributed by atoms with E-state index in [1.54, 1.807) is 48.5 Å². The molecule has 0 aliphatic carbocycles. The molecule has 0 aliphatic rings. The third-order valence-electron chi connectivity index (χ3n) is 3.27. The van der Waals surface area contributed by atoms with E-state index in [-0.39, 0.29) is 17.2 Å². The van der Waals surface area contributed by atoms with Gasteiger partial charge in [-0.2, -0.15) is 5.10 Å². The molecule has 0 bridgehead atoms. The molecule has 3 aromatic rings. The smallest absolute Gasteiger partial charge is 0.276 e. The maximum absolute atomic E-state index is 12.5. The van der Waals surface area contributed by atoms with E-state index >= 15 is 0 Å². The Morgan fingerprint density at radius 3 is 2.41 bits per heavy atom. The Morgan fingerprint density at radius 2 is 1.73 bits per heavy atom. The zero-order valence-electron chi connectivity index (χ0n) is 11.7. The van der Waals surface area contributed by atoms with Crippen LogP contribution in [-0.2, 0) is 7.05 Å². The number of anilines is 1. The molecule has 0 fully saturated rings. The van der Waals surface area contributed by atoms with Crippen molar-refractivity contribution in [1.82, 2.24) is 9.78 Å². The third-order valence-corrected chi connectivity index (χ3v) is 3.53. The van der Waals surface area contributed by atoms with E-state index < -0.39 is 0 Å². The van der Waals surface area contributed by atoms with Crippen LogP contribution >= 0.6 is 11.6 Å². The molecule has 110 valence electrons. The molecule has 6 heteroatoms. The van der Waals surface area contributed by atoms with Gasteiger partial charge < -0.3 is 5.32 Å². The molecule has 1 amide bonds. The van der Waals surface area contributed by atoms with E-state index in [4.69, 9.17) is 11.6 Å². The number of carbonyl (C=O) groups excluding carboxylic acids is 1. The Labute approximate surface area is 131 Å².